The molecule has 4 heteroatoms. The largest absolute Gasteiger partial charge is 0.493 e. The minimum absolute atomic E-state index is 0.462. The van der Waals surface area contributed by atoms with Crippen LogP contribution in [0.15, 0.2) is 24.3 Å². The molecule has 0 aliphatic carbocycles. The zero-order chi connectivity index (χ0) is 14.1. The third-order valence-electron chi connectivity index (χ3n) is 4.21. The SMILES string of the molecule is Cc1nn(CC2CCOc3ccccc32)c(C)c1CN. The second-order valence-electron chi connectivity index (χ2n) is 5.41. The van der Waals surface area contributed by atoms with Gasteiger partial charge in [-0.25, -0.2) is 0 Å². The highest BCUT2D eigenvalue weighted by Gasteiger charge is 2.23. The van der Waals surface area contributed by atoms with Crippen LogP contribution in [-0.4, -0.2) is 16.4 Å². The van der Waals surface area contributed by atoms with E-state index < -0.39 is 0 Å². The number of ether oxygens (including phenoxy) is 1. The molecule has 0 saturated carbocycles. The third kappa shape index (κ3) is 2.20. The molecule has 3 rings (SSSR count). The van der Waals surface area contributed by atoms with Crippen molar-refractivity contribution in [2.75, 3.05) is 6.61 Å². The summed E-state index contributed by atoms with van der Waals surface area (Å²) in [4.78, 5) is 0. The first-order valence-electron chi connectivity index (χ1n) is 7.15. The molecule has 1 aliphatic rings. The first-order chi connectivity index (χ1) is 9.70. The number of rotatable bonds is 3. The van der Waals surface area contributed by atoms with Crippen LogP contribution < -0.4 is 10.5 Å². The van der Waals surface area contributed by atoms with Crippen molar-refractivity contribution in [1.82, 2.24) is 9.78 Å². The highest BCUT2D eigenvalue weighted by Crippen LogP contribution is 2.34. The summed E-state index contributed by atoms with van der Waals surface area (Å²) in [6.07, 6.45) is 1.04. The van der Waals surface area contributed by atoms with Gasteiger partial charge in [-0.05, 0) is 31.9 Å². The van der Waals surface area contributed by atoms with Crippen molar-refractivity contribution in [3.63, 3.8) is 0 Å². The van der Waals surface area contributed by atoms with Crippen LogP contribution in [0.2, 0.25) is 0 Å². The molecule has 0 spiro atoms. The summed E-state index contributed by atoms with van der Waals surface area (Å²) in [5.41, 5.74) is 10.5. The van der Waals surface area contributed by atoms with Gasteiger partial charge in [0.2, 0.25) is 0 Å². The van der Waals surface area contributed by atoms with Crippen LogP contribution in [0.3, 0.4) is 0 Å². The van der Waals surface area contributed by atoms with Crippen molar-refractivity contribution in [2.24, 2.45) is 5.73 Å². The van der Waals surface area contributed by atoms with E-state index in [4.69, 9.17) is 10.5 Å². The lowest BCUT2D eigenvalue weighted by molar-refractivity contribution is 0.256. The summed E-state index contributed by atoms with van der Waals surface area (Å²) in [6, 6.07) is 8.31. The second kappa shape index (κ2) is 5.29. The Bertz CT molecular complexity index is 618. The van der Waals surface area contributed by atoms with Gasteiger partial charge in [-0.2, -0.15) is 5.10 Å². The Morgan fingerprint density at radius 1 is 1.35 bits per heavy atom. The Balaban J connectivity index is 1.89. The Morgan fingerprint density at radius 3 is 2.90 bits per heavy atom. The molecule has 106 valence electrons. The van der Waals surface area contributed by atoms with Gasteiger partial charge in [0, 0.05) is 30.3 Å². The van der Waals surface area contributed by atoms with E-state index in [0.29, 0.717) is 12.5 Å². The van der Waals surface area contributed by atoms with Gasteiger partial charge < -0.3 is 10.5 Å². The predicted octanol–water partition coefficient (Wildman–Crippen LogP) is 2.52. The Morgan fingerprint density at radius 2 is 2.15 bits per heavy atom. The van der Waals surface area contributed by atoms with Crippen molar-refractivity contribution in [3.8, 4) is 5.75 Å². The molecule has 1 aliphatic heterocycles. The summed E-state index contributed by atoms with van der Waals surface area (Å²) in [6.45, 7) is 6.37. The summed E-state index contributed by atoms with van der Waals surface area (Å²) < 4.78 is 7.82. The van der Waals surface area contributed by atoms with Crippen LogP contribution in [0.5, 0.6) is 5.75 Å². The predicted molar refractivity (Wildman–Crippen MR) is 78.9 cm³/mol. The lowest BCUT2D eigenvalue weighted by Crippen LogP contribution is -2.19. The van der Waals surface area contributed by atoms with E-state index in [2.05, 4.69) is 28.8 Å². The molecule has 0 bridgehead atoms. The van der Waals surface area contributed by atoms with E-state index in [1.54, 1.807) is 0 Å². The van der Waals surface area contributed by atoms with E-state index >= 15 is 0 Å². The second-order valence-corrected chi connectivity index (χ2v) is 5.41. The summed E-state index contributed by atoms with van der Waals surface area (Å²) in [5, 5.41) is 4.64. The van der Waals surface area contributed by atoms with Gasteiger partial charge in [0.05, 0.1) is 12.3 Å². The van der Waals surface area contributed by atoms with Gasteiger partial charge in [-0.15, -0.1) is 0 Å². The lowest BCUT2D eigenvalue weighted by Gasteiger charge is -2.26. The molecule has 4 nitrogen and oxygen atoms in total. The first kappa shape index (κ1) is 13.2. The number of hydrogen-bond acceptors (Lipinski definition) is 3. The van der Waals surface area contributed by atoms with Crippen molar-refractivity contribution >= 4 is 0 Å². The first-order valence-corrected chi connectivity index (χ1v) is 7.15. The van der Waals surface area contributed by atoms with Crippen LogP contribution in [0.4, 0.5) is 0 Å². The normalized spacial score (nSPS) is 17.6. The van der Waals surface area contributed by atoms with E-state index in [1.165, 1.54) is 16.8 Å². The van der Waals surface area contributed by atoms with Crippen molar-refractivity contribution < 1.29 is 4.74 Å². The zero-order valence-electron chi connectivity index (χ0n) is 12.1. The number of para-hydroxylation sites is 1. The number of fused-ring (bicyclic) bond motifs is 1. The highest BCUT2D eigenvalue weighted by molar-refractivity contribution is 5.37. The molecule has 2 N–H and O–H groups in total. The molecular formula is C16H21N3O. The number of benzene rings is 1. The van der Waals surface area contributed by atoms with Crippen LogP contribution >= 0.6 is 0 Å². The maximum atomic E-state index is 5.80. The Labute approximate surface area is 119 Å². The lowest BCUT2D eigenvalue weighted by atomic mass is 9.93. The molecule has 2 aromatic rings. The molecule has 0 fully saturated rings. The van der Waals surface area contributed by atoms with E-state index in [9.17, 15) is 0 Å². The molecule has 2 heterocycles. The van der Waals surface area contributed by atoms with Gasteiger partial charge in [-0.3, -0.25) is 4.68 Å². The zero-order valence-corrected chi connectivity index (χ0v) is 12.1. The maximum Gasteiger partial charge on any atom is 0.122 e. The number of nitrogens with two attached hydrogens (primary N) is 1. The van der Waals surface area contributed by atoms with Gasteiger partial charge in [0.1, 0.15) is 5.75 Å². The number of aryl methyl sites for hydroxylation is 1. The molecular weight excluding hydrogens is 250 g/mol. The molecule has 0 radical (unpaired) electrons. The van der Waals surface area contributed by atoms with Crippen LogP contribution in [0, 0.1) is 13.8 Å². The molecule has 20 heavy (non-hydrogen) atoms. The fourth-order valence-electron chi connectivity index (χ4n) is 3.02. The standard InChI is InChI=1S/C16H21N3O/c1-11-15(9-17)12(2)19(18-11)10-13-7-8-20-16-6-4-3-5-14(13)16/h3-6,13H,7-10,17H2,1-2H3. The molecule has 1 aromatic heterocycles. The minimum atomic E-state index is 0.462. The van der Waals surface area contributed by atoms with Crippen LogP contribution in [-0.2, 0) is 13.1 Å². The molecule has 0 saturated heterocycles. The van der Waals surface area contributed by atoms with Crippen molar-refractivity contribution in [2.45, 2.75) is 39.3 Å². The fraction of sp³-hybridized carbons (Fsp3) is 0.438. The van der Waals surface area contributed by atoms with Gasteiger partial charge in [0.25, 0.3) is 0 Å². The molecule has 1 atom stereocenters. The van der Waals surface area contributed by atoms with E-state index in [-0.39, 0.29) is 0 Å². The van der Waals surface area contributed by atoms with Crippen molar-refractivity contribution in [3.05, 3.63) is 46.8 Å². The van der Waals surface area contributed by atoms with Crippen molar-refractivity contribution in [1.29, 1.82) is 0 Å². The Hall–Kier alpha value is -1.81. The maximum absolute atomic E-state index is 5.80. The van der Waals surface area contributed by atoms with Crippen LogP contribution in [0.1, 0.15) is 34.9 Å². The highest BCUT2D eigenvalue weighted by atomic mass is 16.5. The number of aromatic nitrogens is 2. The monoisotopic (exact) mass is 271 g/mol. The molecule has 1 aromatic carbocycles. The van der Waals surface area contributed by atoms with Crippen LogP contribution in [0.25, 0.3) is 0 Å². The number of nitrogens with zero attached hydrogens (tertiary/aromatic N) is 2. The van der Waals surface area contributed by atoms with E-state index in [0.717, 1.165) is 31.0 Å². The average molecular weight is 271 g/mol. The molecule has 0 amide bonds. The fourth-order valence-corrected chi connectivity index (χ4v) is 3.02. The summed E-state index contributed by atoms with van der Waals surface area (Å²) in [5.74, 6) is 1.48. The van der Waals surface area contributed by atoms with Gasteiger partial charge in [-0.1, -0.05) is 18.2 Å². The van der Waals surface area contributed by atoms with Gasteiger partial charge in [0.15, 0.2) is 0 Å². The quantitative estimate of drug-likeness (QED) is 0.933. The minimum Gasteiger partial charge on any atom is -0.493 e. The van der Waals surface area contributed by atoms with E-state index in [1.807, 2.05) is 19.1 Å². The smallest absolute Gasteiger partial charge is 0.122 e. The third-order valence-corrected chi connectivity index (χ3v) is 4.21. The molecule has 1 unspecified atom stereocenters. The average Bonchev–Trinajstić information content (AvgIpc) is 2.73. The van der Waals surface area contributed by atoms with Gasteiger partial charge >= 0.3 is 0 Å². The Kier molecular flexibility index (Phi) is 3.49. The summed E-state index contributed by atoms with van der Waals surface area (Å²) in [7, 11) is 0. The number of hydrogen-bond donors (Lipinski definition) is 1. The summed E-state index contributed by atoms with van der Waals surface area (Å²) >= 11 is 0. The topological polar surface area (TPSA) is 53.1 Å².